The van der Waals surface area contributed by atoms with Crippen LogP contribution < -0.4 is 0 Å². The molecule has 2 aliphatic carbocycles. The van der Waals surface area contributed by atoms with Crippen LogP contribution in [0.5, 0.6) is 0 Å². The van der Waals surface area contributed by atoms with Crippen molar-refractivity contribution in [2.24, 2.45) is 11.8 Å². The van der Waals surface area contributed by atoms with Crippen LogP contribution in [0.4, 0.5) is 0 Å². The SMILES string of the molecule is C=C1[C@@H]2C[C@@H]3C[C@H]1S(=O)[C@H](C2)C3=C. The molecule has 4 bridgehead atoms. The summed E-state index contributed by atoms with van der Waals surface area (Å²) in [6.07, 6.45) is 3.37. The fourth-order valence-electron chi connectivity index (χ4n) is 3.17. The predicted molar refractivity (Wildman–Crippen MR) is 54.8 cm³/mol. The molecule has 4 atom stereocenters. The molecule has 0 amide bonds. The van der Waals surface area contributed by atoms with E-state index in [0.29, 0.717) is 22.3 Å². The minimum Gasteiger partial charge on any atom is -0.258 e. The Morgan fingerprint density at radius 3 is 1.92 bits per heavy atom. The van der Waals surface area contributed by atoms with E-state index in [1.165, 1.54) is 17.6 Å². The van der Waals surface area contributed by atoms with Gasteiger partial charge in [-0.3, -0.25) is 4.21 Å². The first kappa shape index (κ1) is 7.98. The molecule has 2 saturated heterocycles. The summed E-state index contributed by atoms with van der Waals surface area (Å²) in [5.41, 5.74) is 2.55. The molecule has 2 heteroatoms. The summed E-state index contributed by atoms with van der Waals surface area (Å²) in [5, 5.41) is 0.626. The van der Waals surface area contributed by atoms with E-state index in [0.717, 1.165) is 12.8 Å². The van der Waals surface area contributed by atoms with Gasteiger partial charge >= 0.3 is 0 Å². The molecule has 0 unspecified atom stereocenters. The van der Waals surface area contributed by atoms with Gasteiger partial charge in [0.1, 0.15) is 0 Å². The lowest BCUT2D eigenvalue weighted by atomic mass is 9.67. The van der Waals surface area contributed by atoms with E-state index in [4.69, 9.17) is 0 Å². The first-order chi connectivity index (χ1) is 6.18. The lowest BCUT2D eigenvalue weighted by Gasteiger charge is -2.51. The van der Waals surface area contributed by atoms with Gasteiger partial charge in [0.25, 0.3) is 0 Å². The van der Waals surface area contributed by atoms with Gasteiger partial charge in [-0.15, -0.1) is 0 Å². The van der Waals surface area contributed by atoms with Gasteiger partial charge in [0.15, 0.2) is 0 Å². The standard InChI is InChI=1S/C11H14OS/c1-6-8-3-9-5-10(6)13(12)11(4-8)7(9)2/h8-11H,1-5H2/t8-,9-,10-,11-/m1/s1. The second kappa shape index (κ2) is 2.35. The highest BCUT2D eigenvalue weighted by molar-refractivity contribution is 7.86. The molecule has 2 heterocycles. The van der Waals surface area contributed by atoms with Crippen molar-refractivity contribution in [3.05, 3.63) is 24.3 Å². The van der Waals surface area contributed by atoms with E-state index in [1.54, 1.807) is 0 Å². The maximum Gasteiger partial charge on any atom is 0.0568 e. The van der Waals surface area contributed by atoms with Crippen molar-refractivity contribution in [1.29, 1.82) is 0 Å². The highest BCUT2D eigenvalue weighted by Crippen LogP contribution is 2.53. The summed E-state index contributed by atoms with van der Waals surface area (Å²) in [6, 6.07) is 0. The zero-order valence-corrected chi connectivity index (χ0v) is 8.48. The largest absolute Gasteiger partial charge is 0.258 e. The zero-order valence-electron chi connectivity index (χ0n) is 7.66. The summed E-state index contributed by atoms with van der Waals surface area (Å²) in [4.78, 5) is 0. The Bertz CT molecular complexity index is 301. The Hall–Kier alpha value is -0.370. The second-order valence-corrected chi connectivity index (χ2v) is 6.35. The minimum absolute atomic E-state index is 0.313. The van der Waals surface area contributed by atoms with E-state index < -0.39 is 10.8 Å². The van der Waals surface area contributed by atoms with E-state index in [9.17, 15) is 4.21 Å². The molecule has 2 saturated carbocycles. The van der Waals surface area contributed by atoms with E-state index >= 15 is 0 Å². The summed E-state index contributed by atoms with van der Waals surface area (Å²) in [7, 11) is -0.685. The maximum atomic E-state index is 12.0. The van der Waals surface area contributed by atoms with Crippen LogP contribution in [0.2, 0.25) is 0 Å². The first-order valence-corrected chi connectivity index (χ1v) is 6.23. The molecule has 0 radical (unpaired) electrons. The Balaban J connectivity index is 2.08. The third-order valence-electron chi connectivity index (χ3n) is 4.00. The molecular weight excluding hydrogens is 180 g/mol. The zero-order chi connectivity index (χ0) is 9.16. The molecule has 0 aromatic carbocycles. The van der Waals surface area contributed by atoms with Crippen molar-refractivity contribution in [3.63, 3.8) is 0 Å². The highest BCUT2D eigenvalue weighted by Gasteiger charge is 2.50. The number of hydrogen-bond acceptors (Lipinski definition) is 1. The Morgan fingerprint density at radius 2 is 1.46 bits per heavy atom. The van der Waals surface area contributed by atoms with Crippen LogP contribution >= 0.6 is 0 Å². The molecule has 0 spiro atoms. The van der Waals surface area contributed by atoms with Gasteiger partial charge < -0.3 is 0 Å². The second-order valence-electron chi connectivity index (χ2n) is 4.56. The van der Waals surface area contributed by atoms with Gasteiger partial charge in [-0.1, -0.05) is 24.3 Å². The van der Waals surface area contributed by atoms with Crippen molar-refractivity contribution in [3.8, 4) is 0 Å². The summed E-state index contributed by atoms with van der Waals surface area (Å²) in [6.45, 7) is 8.21. The molecular formula is C11H14OS. The van der Waals surface area contributed by atoms with Gasteiger partial charge in [0.05, 0.1) is 10.5 Å². The molecule has 4 fully saturated rings. The van der Waals surface area contributed by atoms with Crippen LogP contribution in [-0.2, 0) is 10.8 Å². The molecule has 2 aliphatic heterocycles. The molecule has 70 valence electrons. The molecule has 4 rings (SSSR count). The van der Waals surface area contributed by atoms with Crippen LogP contribution in [0.15, 0.2) is 24.3 Å². The fourth-order valence-corrected chi connectivity index (χ4v) is 5.40. The van der Waals surface area contributed by atoms with Crippen molar-refractivity contribution in [2.75, 3.05) is 0 Å². The van der Waals surface area contributed by atoms with E-state index in [2.05, 4.69) is 13.2 Å². The van der Waals surface area contributed by atoms with Crippen LogP contribution in [0.1, 0.15) is 19.3 Å². The first-order valence-electron chi connectivity index (χ1n) is 4.95. The Morgan fingerprint density at radius 1 is 1.00 bits per heavy atom. The van der Waals surface area contributed by atoms with Gasteiger partial charge in [-0.25, -0.2) is 0 Å². The molecule has 1 nitrogen and oxygen atoms in total. The van der Waals surface area contributed by atoms with Gasteiger partial charge in [-0.05, 0) is 31.1 Å². The topological polar surface area (TPSA) is 17.1 Å². The van der Waals surface area contributed by atoms with Crippen LogP contribution in [0.25, 0.3) is 0 Å². The van der Waals surface area contributed by atoms with Crippen molar-refractivity contribution < 1.29 is 4.21 Å². The van der Waals surface area contributed by atoms with Crippen LogP contribution in [0.3, 0.4) is 0 Å². The summed E-state index contributed by atoms with van der Waals surface area (Å²) in [5.74, 6) is 1.33. The quantitative estimate of drug-likeness (QED) is 0.539. The Labute approximate surface area is 81.4 Å². The monoisotopic (exact) mass is 194 g/mol. The lowest BCUT2D eigenvalue weighted by Crippen LogP contribution is -2.50. The number of hydrogen-bond donors (Lipinski definition) is 0. The molecule has 0 N–H and O–H groups in total. The summed E-state index contributed by atoms with van der Waals surface area (Å²) < 4.78 is 12.0. The fraction of sp³-hybridized carbons (Fsp3) is 0.636. The van der Waals surface area contributed by atoms with E-state index in [1.807, 2.05) is 0 Å². The average Bonchev–Trinajstić information content (AvgIpc) is 2.10. The average molecular weight is 194 g/mol. The summed E-state index contributed by atoms with van der Waals surface area (Å²) >= 11 is 0. The third-order valence-corrected chi connectivity index (χ3v) is 6.12. The van der Waals surface area contributed by atoms with Crippen LogP contribution in [0, 0.1) is 11.8 Å². The third kappa shape index (κ3) is 0.850. The van der Waals surface area contributed by atoms with Gasteiger partial charge in [0, 0.05) is 10.8 Å². The van der Waals surface area contributed by atoms with Crippen molar-refractivity contribution in [1.82, 2.24) is 0 Å². The molecule has 0 aromatic heterocycles. The van der Waals surface area contributed by atoms with Gasteiger partial charge in [0.2, 0.25) is 0 Å². The number of rotatable bonds is 0. The lowest BCUT2D eigenvalue weighted by molar-refractivity contribution is 0.294. The predicted octanol–water partition coefficient (Wildman–Crippen LogP) is 2.03. The molecule has 4 aliphatic rings. The highest BCUT2D eigenvalue weighted by atomic mass is 32.2. The minimum atomic E-state index is -0.685. The van der Waals surface area contributed by atoms with Crippen molar-refractivity contribution >= 4 is 10.8 Å². The van der Waals surface area contributed by atoms with Gasteiger partial charge in [-0.2, -0.15) is 0 Å². The van der Waals surface area contributed by atoms with E-state index in [-0.39, 0.29) is 0 Å². The van der Waals surface area contributed by atoms with Crippen molar-refractivity contribution in [2.45, 2.75) is 29.8 Å². The molecule has 0 aromatic rings. The normalized spacial score (nSPS) is 53.1. The molecule has 13 heavy (non-hydrogen) atoms. The van der Waals surface area contributed by atoms with Crippen LogP contribution in [-0.4, -0.2) is 14.7 Å². The smallest absolute Gasteiger partial charge is 0.0568 e. The maximum absolute atomic E-state index is 12.0. The Kier molecular flexibility index (Phi) is 1.44.